The molecule has 0 N–H and O–H groups in total. The fraction of sp³-hybridized carbons (Fsp3) is 0.462. The Labute approximate surface area is 105 Å². The summed E-state index contributed by atoms with van der Waals surface area (Å²) in [5.41, 5.74) is 1.73. The van der Waals surface area contributed by atoms with Crippen LogP contribution in [0, 0.1) is 12.8 Å². The van der Waals surface area contributed by atoms with Gasteiger partial charge >= 0.3 is 0 Å². The van der Waals surface area contributed by atoms with Gasteiger partial charge in [0.2, 0.25) is 0 Å². The smallest absolute Gasteiger partial charge is 0.166 e. The summed E-state index contributed by atoms with van der Waals surface area (Å²) in [6, 6.07) is 3.73. The van der Waals surface area contributed by atoms with Crippen LogP contribution in [0.4, 0.5) is 0 Å². The van der Waals surface area contributed by atoms with Crippen LogP contribution in [0.15, 0.2) is 16.6 Å². The van der Waals surface area contributed by atoms with Crippen molar-refractivity contribution in [1.82, 2.24) is 0 Å². The third-order valence-electron chi connectivity index (χ3n) is 2.37. The quantitative estimate of drug-likeness (QED) is 0.782. The fourth-order valence-corrected chi connectivity index (χ4v) is 1.87. The van der Waals surface area contributed by atoms with Crippen LogP contribution in [0.2, 0.25) is 0 Å². The van der Waals surface area contributed by atoms with E-state index in [1.165, 1.54) is 0 Å². The van der Waals surface area contributed by atoms with Crippen LogP contribution in [-0.4, -0.2) is 12.9 Å². The molecule has 3 heteroatoms. The number of ketones is 1. The number of Topliss-reactive ketones (excluding diaryl/α,β-unsaturated/α-hetero) is 1. The number of benzene rings is 1. The average molecular weight is 285 g/mol. The second kappa shape index (κ2) is 5.48. The summed E-state index contributed by atoms with van der Waals surface area (Å²) in [7, 11) is 1.59. The molecular formula is C13H17BrO2. The first kappa shape index (κ1) is 13.2. The van der Waals surface area contributed by atoms with Gasteiger partial charge in [0.15, 0.2) is 5.78 Å². The molecule has 0 atom stereocenters. The Morgan fingerprint density at radius 3 is 2.56 bits per heavy atom. The summed E-state index contributed by atoms with van der Waals surface area (Å²) in [6.07, 6.45) is 0.547. The van der Waals surface area contributed by atoms with Gasteiger partial charge < -0.3 is 4.74 Å². The lowest BCUT2D eigenvalue weighted by Crippen LogP contribution is -2.06. The van der Waals surface area contributed by atoms with Crippen LogP contribution < -0.4 is 4.74 Å². The molecule has 0 radical (unpaired) electrons. The third-order valence-corrected chi connectivity index (χ3v) is 3.23. The fourth-order valence-electron chi connectivity index (χ4n) is 1.52. The van der Waals surface area contributed by atoms with Gasteiger partial charge in [-0.3, -0.25) is 4.79 Å². The Kier molecular flexibility index (Phi) is 4.54. The van der Waals surface area contributed by atoms with Gasteiger partial charge in [0.25, 0.3) is 0 Å². The van der Waals surface area contributed by atoms with E-state index in [2.05, 4.69) is 15.9 Å². The van der Waals surface area contributed by atoms with Crippen molar-refractivity contribution >= 4 is 21.7 Å². The molecule has 2 nitrogen and oxygen atoms in total. The monoisotopic (exact) mass is 284 g/mol. The van der Waals surface area contributed by atoms with Gasteiger partial charge in [-0.1, -0.05) is 29.8 Å². The maximum Gasteiger partial charge on any atom is 0.166 e. The summed E-state index contributed by atoms with van der Waals surface area (Å²) in [4.78, 5) is 12.0. The highest BCUT2D eigenvalue weighted by Crippen LogP contribution is 2.28. The molecule has 1 aromatic carbocycles. The molecule has 0 spiro atoms. The molecular weight excluding hydrogens is 268 g/mol. The van der Waals surface area contributed by atoms with Gasteiger partial charge in [-0.05, 0) is 30.5 Å². The highest BCUT2D eigenvalue weighted by Gasteiger charge is 2.15. The summed E-state index contributed by atoms with van der Waals surface area (Å²) < 4.78 is 6.19. The van der Waals surface area contributed by atoms with E-state index < -0.39 is 0 Å². The number of methoxy groups -OCH3 is 1. The summed E-state index contributed by atoms with van der Waals surface area (Å²) in [6.45, 7) is 6.05. The Morgan fingerprint density at radius 2 is 2.06 bits per heavy atom. The summed E-state index contributed by atoms with van der Waals surface area (Å²) >= 11 is 3.44. The van der Waals surface area contributed by atoms with Crippen molar-refractivity contribution in [3.63, 3.8) is 0 Å². The maximum atomic E-state index is 12.0. The molecule has 0 fully saturated rings. The van der Waals surface area contributed by atoms with Crippen molar-refractivity contribution < 1.29 is 9.53 Å². The number of hydrogen-bond donors (Lipinski definition) is 0. The molecule has 1 aromatic rings. The molecule has 0 aliphatic heterocycles. The van der Waals surface area contributed by atoms with Gasteiger partial charge in [-0.15, -0.1) is 0 Å². The Bertz CT molecular complexity index is 397. The van der Waals surface area contributed by atoms with Crippen molar-refractivity contribution in [1.29, 1.82) is 0 Å². The minimum Gasteiger partial charge on any atom is -0.496 e. The lowest BCUT2D eigenvalue weighted by atomic mass is 9.99. The number of ether oxygens (including phenoxy) is 1. The molecule has 0 aliphatic carbocycles. The average Bonchev–Trinajstić information content (AvgIpc) is 2.20. The highest BCUT2D eigenvalue weighted by molar-refractivity contribution is 9.10. The topological polar surface area (TPSA) is 26.3 Å². The standard InChI is InChI=1S/C13H17BrO2/c1-8(2)5-12(15)10-7-11(14)9(3)6-13(10)16-4/h6-8H,5H2,1-4H3. The molecule has 88 valence electrons. The zero-order chi connectivity index (χ0) is 12.3. The molecule has 0 aliphatic rings. The minimum atomic E-state index is 0.132. The van der Waals surface area contributed by atoms with Gasteiger partial charge in [0.1, 0.15) is 5.75 Å². The lowest BCUT2D eigenvalue weighted by Gasteiger charge is -2.11. The van der Waals surface area contributed by atoms with Crippen molar-refractivity contribution in [2.45, 2.75) is 27.2 Å². The molecule has 0 unspecified atom stereocenters. The van der Waals surface area contributed by atoms with Gasteiger partial charge in [-0.2, -0.15) is 0 Å². The van der Waals surface area contributed by atoms with E-state index in [0.29, 0.717) is 23.7 Å². The van der Waals surface area contributed by atoms with Crippen LogP contribution in [0.3, 0.4) is 0 Å². The van der Waals surface area contributed by atoms with E-state index in [1.54, 1.807) is 7.11 Å². The third kappa shape index (κ3) is 3.08. The van der Waals surface area contributed by atoms with Crippen LogP contribution in [0.5, 0.6) is 5.75 Å². The SMILES string of the molecule is COc1cc(C)c(Br)cc1C(=O)CC(C)C. The molecule has 0 bridgehead atoms. The minimum absolute atomic E-state index is 0.132. The summed E-state index contributed by atoms with van der Waals surface area (Å²) in [5.74, 6) is 1.15. The van der Waals surface area contributed by atoms with Gasteiger partial charge in [-0.25, -0.2) is 0 Å². The van der Waals surface area contributed by atoms with Crippen molar-refractivity contribution in [2.24, 2.45) is 5.92 Å². The van der Waals surface area contributed by atoms with E-state index in [-0.39, 0.29) is 5.78 Å². The zero-order valence-corrected chi connectivity index (χ0v) is 11.7. The zero-order valence-electron chi connectivity index (χ0n) is 10.1. The largest absolute Gasteiger partial charge is 0.496 e. The number of carbonyl (C=O) groups excluding carboxylic acids is 1. The van der Waals surface area contributed by atoms with Gasteiger partial charge in [0.05, 0.1) is 12.7 Å². The molecule has 0 aromatic heterocycles. The van der Waals surface area contributed by atoms with Crippen molar-refractivity contribution in [2.75, 3.05) is 7.11 Å². The summed E-state index contributed by atoms with van der Waals surface area (Å²) in [5, 5.41) is 0. The number of carbonyl (C=O) groups is 1. The number of rotatable bonds is 4. The van der Waals surface area contributed by atoms with Crippen LogP contribution in [0.1, 0.15) is 36.2 Å². The molecule has 0 saturated carbocycles. The van der Waals surface area contributed by atoms with E-state index >= 15 is 0 Å². The van der Waals surface area contributed by atoms with Crippen molar-refractivity contribution in [3.8, 4) is 5.75 Å². The van der Waals surface area contributed by atoms with Crippen LogP contribution in [0.25, 0.3) is 0 Å². The van der Waals surface area contributed by atoms with Crippen LogP contribution in [-0.2, 0) is 0 Å². The maximum absolute atomic E-state index is 12.0. The van der Waals surface area contributed by atoms with E-state index in [4.69, 9.17) is 4.74 Å². The van der Waals surface area contributed by atoms with E-state index in [1.807, 2.05) is 32.9 Å². The lowest BCUT2D eigenvalue weighted by molar-refractivity contribution is 0.0965. The Balaban J connectivity index is 3.11. The molecule has 0 amide bonds. The first-order valence-electron chi connectivity index (χ1n) is 5.33. The first-order chi connectivity index (χ1) is 7.45. The normalized spacial score (nSPS) is 10.6. The highest BCUT2D eigenvalue weighted by atomic mass is 79.9. The molecule has 16 heavy (non-hydrogen) atoms. The van der Waals surface area contributed by atoms with Crippen LogP contribution >= 0.6 is 15.9 Å². The van der Waals surface area contributed by atoms with E-state index in [0.717, 1.165) is 10.0 Å². The Hall–Kier alpha value is -0.830. The number of aryl methyl sites for hydroxylation is 1. The second-order valence-electron chi connectivity index (χ2n) is 4.32. The Morgan fingerprint density at radius 1 is 1.44 bits per heavy atom. The predicted octanol–water partition coefficient (Wildman–Crippen LogP) is 3.99. The number of halogens is 1. The van der Waals surface area contributed by atoms with Gasteiger partial charge in [0, 0.05) is 10.9 Å². The molecule has 0 heterocycles. The molecule has 0 saturated heterocycles. The van der Waals surface area contributed by atoms with E-state index in [9.17, 15) is 4.79 Å². The first-order valence-corrected chi connectivity index (χ1v) is 6.12. The second-order valence-corrected chi connectivity index (χ2v) is 5.18. The predicted molar refractivity (Wildman–Crippen MR) is 69.2 cm³/mol. The molecule has 1 rings (SSSR count). The number of hydrogen-bond acceptors (Lipinski definition) is 2. The van der Waals surface area contributed by atoms with Crippen molar-refractivity contribution in [3.05, 3.63) is 27.7 Å².